The van der Waals surface area contributed by atoms with Gasteiger partial charge in [0.15, 0.2) is 5.96 Å². The molecule has 5 heteroatoms. The number of nitrogens with one attached hydrogen (secondary N) is 2. The van der Waals surface area contributed by atoms with Crippen molar-refractivity contribution in [1.29, 1.82) is 0 Å². The molecule has 0 aromatic rings. The fourth-order valence-corrected chi connectivity index (χ4v) is 2.54. The molecule has 0 aromatic heterocycles. The molecule has 0 saturated carbocycles. The molecule has 0 radical (unpaired) electrons. The van der Waals surface area contributed by atoms with Crippen LogP contribution in [0.3, 0.4) is 0 Å². The largest absolute Gasteiger partial charge is 0.355 e. The van der Waals surface area contributed by atoms with Crippen LogP contribution in [0.1, 0.15) is 40.5 Å². The lowest BCUT2D eigenvalue weighted by atomic mass is 10.2. The van der Waals surface area contributed by atoms with Crippen LogP contribution in [0.5, 0.6) is 0 Å². The Kier molecular flexibility index (Phi) is 10.3. The number of hydrogen-bond donors (Lipinski definition) is 2. The maximum Gasteiger partial charge on any atom is 0.191 e. The molecule has 118 valence electrons. The summed E-state index contributed by atoms with van der Waals surface area (Å²) in [6.45, 7) is 11.0. The second-order valence-electron chi connectivity index (χ2n) is 5.71. The SMILES string of the molecule is CN=C(NCCN(C(C)C)C(C)C)NC1CC=CC1.I. The highest BCUT2D eigenvalue weighted by atomic mass is 127. The number of guanidine groups is 1. The summed E-state index contributed by atoms with van der Waals surface area (Å²) in [4.78, 5) is 6.77. The minimum atomic E-state index is 0. The van der Waals surface area contributed by atoms with Gasteiger partial charge in [-0.2, -0.15) is 0 Å². The highest BCUT2D eigenvalue weighted by Crippen LogP contribution is 2.08. The maximum atomic E-state index is 4.29. The van der Waals surface area contributed by atoms with Crippen LogP contribution in [-0.4, -0.2) is 49.1 Å². The normalized spacial score (nSPS) is 16.1. The summed E-state index contributed by atoms with van der Waals surface area (Å²) < 4.78 is 0. The van der Waals surface area contributed by atoms with E-state index < -0.39 is 0 Å². The monoisotopic (exact) mass is 394 g/mol. The van der Waals surface area contributed by atoms with E-state index in [1.165, 1.54) is 0 Å². The van der Waals surface area contributed by atoms with E-state index in [1.54, 1.807) is 0 Å². The topological polar surface area (TPSA) is 39.7 Å². The Bertz CT molecular complexity index is 297. The third-order valence-electron chi connectivity index (χ3n) is 3.56. The van der Waals surface area contributed by atoms with Crippen LogP contribution in [0.2, 0.25) is 0 Å². The Balaban J connectivity index is 0.00000361. The van der Waals surface area contributed by atoms with E-state index in [0.29, 0.717) is 18.1 Å². The van der Waals surface area contributed by atoms with Gasteiger partial charge in [0.25, 0.3) is 0 Å². The minimum Gasteiger partial charge on any atom is -0.355 e. The van der Waals surface area contributed by atoms with E-state index in [0.717, 1.165) is 31.9 Å². The predicted octanol–water partition coefficient (Wildman–Crippen LogP) is 2.61. The Morgan fingerprint density at radius 1 is 1.20 bits per heavy atom. The Hall–Kier alpha value is -0.300. The van der Waals surface area contributed by atoms with Crippen LogP contribution < -0.4 is 10.6 Å². The molecule has 0 bridgehead atoms. The van der Waals surface area contributed by atoms with Crippen LogP contribution in [0.4, 0.5) is 0 Å². The summed E-state index contributed by atoms with van der Waals surface area (Å²) in [6.07, 6.45) is 6.66. The van der Waals surface area contributed by atoms with Crippen molar-refractivity contribution in [1.82, 2.24) is 15.5 Å². The van der Waals surface area contributed by atoms with Crippen molar-refractivity contribution in [2.45, 2.75) is 58.7 Å². The average Bonchev–Trinajstić information content (AvgIpc) is 2.84. The van der Waals surface area contributed by atoms with Gasteiger partial charge in [0, 0.05) is 38.3 Å². The van der Waals surface area contributed by atoms with Crippen molar-refractivity contribution in [2.24, 2.45) is 4.99 Å². The molecule has 0 atom stereocenters. The third kappa shape index (κ3) is 6.92. The molecule has 0 fully saturated rings. The van der Waals surface area contributed by atoms with Gasteiger partial charge in [-0.15, -0.1) is 24.0 Å². The number of hydrogen-bond acceptors (Lipinski definition) is 2. The van der Waals surface area contributed by atoms with E-state index in [2.05, 4.69) is 60.4 Å². The zero-order valence-electron chi connectivity index (χ0n) is 13.5. The number of aliphatic imine (C=N–C) groups is 1. The molecular formula is C15H31IN4. The van der Waals surface area contributed by atoms with E-state index in [-0.39, 0.29) is 24.0 Å². The number of rotatable bonds is 6. The van der Waals surface area contributed by atoms with Crippen molar-refractivity contribution >= 4 is 29.9 Å². The van der Waals surface area contributed by atoms with Crippen molar-refractivity contribution < 1.29 is 0 Å². The van der Waals surface area contributed by atoms with Gasteiger partial charge in [0.1, 0.15) is 0 Å². The van der Waals surface area contributed by atoms with Gasteiger partial charge < -0.3 is 10.6 Å². The third-order valence-corrected chi connectivity index (χ3v) is 3.56. The zero-order valence-corrected chi connectivity index (χ0v) is 15.8. The standard InChI is InChI=1S/C15H30N4.HI/c1-12(2)19(13(3)4)11-10-17-15(16-5)18-14-8-6-7-9-14;/h6-7,12-14H,8-11H2,1-5H3,(H2,16,17,18);1H. The molecule has 4 nitrogen and oxygen atoms in total. The van der Waals surface area contributed by atoms with Gasteiger partial charge in [0.2, 0.25) is 0 Å². The van der Waals surface area contributed by atoms with Crippen LogP contribution in [0.25, 0.3) is 0 Å². The molecule has 0 unspecified atom stereocenters. The first-order valence-corrected chi connectivity index (χ1v) is 7.42. The zero-order chi connectivity index (χ0) is 14.3. The van der Waals surface area contributed by atoms with Gasteiger partial charge in [-0.1, -0.05) is 12.2 Å². The summed E-state index contributed by atoms with van der Waals surface area (Å²) in [7, 11) is 1.83. The Labute approximate surface area is 141 Å². The van der Waals surface area contributed by atoms with Crippen LogP contribution in [0, 0.1) is 0 Å². The molecule has 1 aliphatic rings. The Morgan fingerprint density at radius 3 is 2.20 bits per heavy atom. The Morgan fingerprint density at radius 2 is 1.75 bits per heavy atom. The van der Waals surface area contributed by atoms with E-state index in [1.807, 2.05) is 7.05 Å². The molecule has 0 saturated heterocycles. The quantitative estimate of drug-likeness (QED) is 0.315. The molecule has 0 spiro atoms. The number of nitrogens with zero attached hydrogens (tertiary/aromatic N) is 2. The lowest BCUT2D eigenvalue weighted by molar-refractivity contribution is 0.178. The summed E-state index contributed by atoms with van der Waals surface area (Å²) in [5.41, 5.74) is 0. The van der Waals surface area contributed by atoms with Crippen molar-refractivity contribution in [3.05, 3.63) is 12.2 Å². The van der Waals surface area contributed by atoms with E-state index in [4.69, 9.17) is 0 Å². The fourth-order valence-electron chi connectivity index (χ4n) is 2.54. The molecule has 20 heavy (non-hydrogen) atoms. The molecule has 0 amide bonds. The molecule has 0 aromatic carbocycles. The summed E-state index contributed by atoms with van der Waals surface area (Å²) in [5, 5.41) is 6.86. The molecular weight excluding hydrogens is 363 g/mol. The highest BCUT2D eigenvalue weighted by Gasteiger charge is 2.14. The average molecular weight is 394 g/mol. The summed E-state index contributed by atoms with van der Waals surface area (Å²) in [6, 6.07) is 1.67. The van der Waals surface area contributed by atoms with Crippen LogP contribution >= 0.6 is 24.0 Å². The molecule has 1 aliphatic carbocycles. The molecule has 0 heterocycles. The highest BCUT2D eigenvalue weighted by molar-refractivity contribution is 14.0. The first-order chi connectivity index (χ1) is 9.04. The van der Waals surface area contributed by atoms with Crippen LogP contribution in [-0.2, 0) is 0 Å². The van der Waals surface area contributed by atoms with Gasteiger partial charge in [-0.05, 0) is 40.5 Å². The van der Waals surface area contributed by atoms with Crippen LogP contribution in [0.15, 0.2) is 17.1 Å². The van der Waals surface area contributed by atoms with Crippen molar-refractivity contribution in [3.63, 3.8) is 0 Å². The molecule has 2 N–H and O–H groups in total. The second-order valence-corrected chi connectivity index (χ2v) is 5.71. The first kappa shape index (κ1) is 19.7. The summed E-state index contributed by atoms with van der Waals surface area (Å²) >= 11 is 0. The molecule has 0 aliphatic heterocycles. The lowest BCUT2D eigenvalue weighted by Gasteiger charge is -2.30. The summed E-state index contributed by atoms with van der Waals surface area (Å²) in [5.74, 6) is 0.918. The molecule has 1 rings (SSSR count). The van der Waals surface area contributed by atoms with Gasteiger partial charge in [-0.25, -0.2) is 0 Å². The van der Waals surface area contributed by atoms with Crippen molar-refractivity contribution in [3.8, 4) is 0 Å². The van der Waals surface area contributed by atoms with E-state index >= 15 is 0 Å². The van der Waals surface area contributed by atoms with Gasteiger partial charge in [0.05, 0.1) is 0 Å². The van der Waals surface area contributed by atoms with E-state index in [9.17, 15) is 0 Å². The van der Waals surface area contributed by atoms with Gasteiger partial charge >= 0.3 is 0 Å². The van der Waals surface area contributed by atoms with Gasteiger partial charge in [-0.3, -0.25) is 9.89 Å². The fraction of sp³-hybridized carbons (Fsp3) is 0.800. The second kappa shape index (κ2) is 10.4. The minimum absolute atomic E-state index is 0. The smallest absolute Gasteiger partial charge is 0.191 e. The first-order valence-electron chi connectivity index (χ1n) is 7.42. The van der Waals surface area contributed by atoms with Crippen molar-refractivity contribution in [2.75, 3.05) is 20.1 Å². The predicted molar refractivity (Wildman–Crippen MR) is 99.1 cm³/mol. The lowest BCUT2D eigenvalue weighted by Crippen LogP contribution is -2.47. The maximum absolute atomic E-state index is 4.29. The number of halogens is 1.